The molecule has 4 rings (SSSR count). The van der Waals surface area contributed by atoms with Gasteiger partial charge >= 0.3 is 0 Å². The lowest BCUT2D eigenvalue weighted by Gasteiger charge is -2.06. The molecular formula is C14H8N8O. The Morgan fingerprint density at radius 3 is 2.48 bits per heavy atom. The van der Waals surface area contributed by atoms with Gasteiger partial charge in [0, 0.05) is 12.4 Å². The number of rotatable bonds is 3. The first-order valence-electron chi connectivity index (χ1n) is 6.64. The van der Waals surface area contributed by atoms with Gasteiger partial charge in [-0.05, 0) is 29.4 Å². The molecule has 4 aromatic heterocycles. The first-order chi connectivity index (χ1) is 11.4. The van der Waals surface area contributed by atoms with Gasteiger partial charge in [0.15, 0.2) is 0 Å². The molecule has 0 atom stereocenters. The zero-order valence-corrected chi connectivity index (χ0v) is 11.6. The van der Waals surface area contributed by atoms with Gasteiger partial charge in [-0.2, -0.15) is 5.10 Å². The summed E-state index contributed by atoms with van der Waals surface area (Å²) < 4.78 is 4.55. The van der Waals surface area contributed by atoms with Crippen LogP contribution in [0.25, 0.3) is 34.3 Å². The van der Waals surface area contributed by atoms with Gasteiger partial charge in [0.05, 0.1) is 17.2 Å². The van der Waals surface area contributed by atoms with Crippen molar-refractivity contribution in [3.8, 4) is 34.3 Å². The first kappa shape index (κ1) is 13.1. The predicted octanol–water partition coefficient (Wildman–Crippen LogP) is 1.44. The Labute approximate surface area is 129 Å². The molecule has 23 heavy (non-hydrogen) atoms. The minimum absolute atomic E-state index is 0.240. The van der Waals surface area contributed by atoms with Crippen molar-refractivity contribution in [1.82, 2.24) is 40.7 Å². The van der Waals surface area contributed by atoms with Crippen LogP contribution in [0.3, 0.4) is 0 Å². The molecule has 0 spiro atoms. The topological polar surface area (TPSA) is 116 Å². The van der Waals surface area contributed by atoms with Crippen LogP contribution in [0.1, 0.15) is 0 Å². The molecule has 0 saturated heterocycles. The van der Waals surface area contributed by atoms with E-state index >= 15 is 0 Å². The SMILES string of the molecule is c1ccc(-c2nc(-c3cccnn3)cnc2-c2nnon2)nc1. The van der Waals surface area contributed by atoms with Crippen LogP contribution in [0.5, 0.6) is 0 Å². The molecule has 0 radical (unpaired) electrons. The van der Waals surface area contributed by atoms with Gasteiger partial charge in [-0.15, -0.1) is 5.10 Å². The molecular weight excluding hydrogens is 296 g/mol. The van der Waals surface area contributed by atoms with E-state index in [-0.39, 0.29) is 5.82 Å². The maximum atomic E-state index is 4.59. The summed E-state index contributed by atoms with van der Waals surface area (Å²) in [5.74, 6) is 0.240. The van der Waals surface area contributed by atoms with E-state index in [0.717, 1.165) is 0 Å². The molecule has 4 aromatic rings. The van der Waals surface area contributed by atoms with Crippen molar-refractivity contribution in [2.75, 3.05) is 0 Å². The third kappa shape index (κ3) is 2.50. The van der Waals surface area contributed by atoms with Gasteiger partial charge in [-0.25, -0.2) is 14.6 Å². The number of aromatic nitrogens is 8. The highest BCUT2D eigenvalue weighted by Crippen LogP contribution is 2.26. The van der Waals surface area contributed by atoms with E-state index in [9.17, 15) is 0 Å². The first-order valence-corrected chi connectivity index (χ1v) is 6.64. The highest BCUT2D eigenvalue weighted by molar-refractivity contribution is 5.73. The Morgan fingerprint density at radius 1 is 0.783 bits per heavy atom. The lowest BCUT2D eigenvalue weighted by Crippen LogP contribution is -1.99. The summed E-state index contributed by atoms with van der Waals surface area (Å²) in [4.78, 5) is 13.3. The van der Waals surface area contributed by atoms with E-state index in [2.05, 4.69) is 45.3 Å². The summed E-state index contributed by atoms with van der Waals surface area (Å²) in [5, 5.41) is 18.8. The minimum Gasteiger partial charge on any atom is -0.255 e. The van der Waals surface area contributed by atoms with Crippen LogP contribution >= 0.6 is 0 Å². The summed E-state index contributed by atoms with van der Waals surface area (Å²) in [6.45, 7) is 0. The molecule has 0 unspecified atom stereocenters. The second-order valence-corrected chi connectivity index (χ2v) is 4.45. The largest absolute Gasteiger partial charge is 0.255 e. The third-order valence-electron chi connectivity index (χ3n) is 3.03. The average Bonchev–Trinajstić information content (AvgIpc) is 3.17. The fourth-order valence-electron chi connectivity index (χ4n) is 2.02. The van der Waals surface area contributed by atoms with Crippen molar-refractivity contribution in [2.45, 2.75) is 0 Å². The van der Waals surface area contributed by atoms with Crippen molar-refractivity contribution in [2.24, 2.45) is 0 Å². The molecule has 0 fully saturated rings. The van der Waals surface area contributed by atoms with Gasteiger partial charge in [-0.3, -0.25) is 4.98 Å². The van der Waals surface area contributed by atoms with Crippen LogP contribution in [0.2, 0.25) is 0 Å². The predicted molar refractivity (Wildman–Crippen MR) is 77.4 cm³/mol. The maximum Gasteiger partial charge on any atom is 0.247 e. The quantitative estimate of drug-likeness (QED) is 0.554. The molecule has 0 bridgehead atoms. The molecule has 0 aromatic carbocycles. The van der Waals surface area contributed by atoms with Crippen LogP contribution in [-0.2, 0) is 0 Å². The highest BCUT2D eigenvalue weighted by Gasteiger charge is 2.18. The Morgan fingerprint density at radius 2 is 1.74 bits per heavy atom. The lowest BCUT2D eigenvalue weighted by molar-refractivity contribution is 0.293. The van der Waals surface area contributed by atoms with E-state index in [0.29, 0.717) is 28.5 Å². The third-order valence-corrected chi connectivity index (χ3v) is 3.03. The fraction of sp³-hybridized carbons (Fsp3) is 0. The zero-order valence-electron chi connectivity index (χ0n) is 11.6. The molecule has 0 amide bonds. The van der Waals surface area contributed by atoms with E-state index in [1.807, 2.05) is 18.2 Å². The number of nitrogens with zero attached hydrogens (tertiary/aromatic N) is 8. The monoisotopic (exact) mass is 304 g/mol. The van der Waals surface area contributed by atoms with Crippen LogP contribution in [0.15, 0.2) is 53.6 Å². The van der Waals surface area contributed by atoms with Gasteiger partial charge in [-0.1, -0.05) is 11.2 Å². The Hall–Kier alpha value is -3.62. The molecule has 0 saturated carbocycles. The molecule has 0 aliphatic rings. The van der Waals surface area contributed by atoms with Gasteiger partial charge in [0.25, 0.3) is 0 Å². The number of hydrogen-bond donors (Lipinski definition) is 0. The number of pyridine rings is 1. The molecule has 9 nitrogen and oxygen atoms in total. The molecule has 9 heteroatoms. The van der Waals surface area contributed by atoms with E-state index in [4.69, 9.17) is 0 Å². The molecule has 110 valence electrons. The highest BCUT2D eigenvalue weighted by atomic mass is 16.6. The summed E-state index contributed by atoms with van der Waals surface area (Å²) in [6, 6.07) is 9.08. The van der Waals surface area contributed by atoms with Crippen LogP contribution < -0.4 is 0 Å². The summed E-state index contributed by atoms with van der Waals surface area (Å²) in [6.07, 6.45) is 4.84. The van der Waals surface area contributed by atoms with E-state index in [1.165, 1.54) is 0 Å². The van der Waals surface area contributed by atoms with Crippen molar-refractivity contribution in [3.05, 3.63) is 48.9 Å². The van der Waals surface area contributed by atoms with E-state index in [1.54, 1.807) is 30.7 Å². The molecule has 4 heterocycles. The van der Waals surface area contributed by atoms with Gasteiger partial charge < -0.3 is 0 Å². The summed E-state index contributed by atoms with van der Waals surface area (Å²) in [7, 11) is 0. The Kier molecular flexibility index (Phi) is 3.20. The Bertz CT molecular complexity index is 912. The lowest BCUT2D eigenvalue weighted by atomic mass is 10.2. The van der Waals surface area contributed by atoms with Gasteiger partial charge in [0.2, 0.25) is 5.82 Å². The second kappa shape index (κ2) is 5.64. The molecule has 0 aliphatic carbocycles. The smallest absolute Gasteiger partial charge is 0.247 e. The summed E-state index contributed by atoms with van der Waals surface area (Å²) >= 11 is 0. The molecule has 0 aliphatic heterocycles. The van der Waals surface area contributed by atoms with Crippen LogP contribution in [0.4, 0.5) is 0 Å². The minimum atomic E-state index is 0.240. The zero-order chi connectivity index (χ0) is 15.5. The van der Waals surface area contributed by atoms with E-state index < -0.39 is 0 Å². The normalized spacial score (nSPS) is 10.6. The van der Waals surface area contributed by atoms with Crippen molar-refractivity contribution in [3.63, 3.8) is 0 Å². The second-order valence-electron chi connectivity index (χ2n) is 4.45. The Balaban J connectivity index is 1.92. The number of hydrogen-bond acceptors (Lipinski definition) is 9. The average molecular weight is 304 g/mol. The van der Waals surface area contributed by atoms with Crippen molar-refractivity contribution >= 4 is 0 Å². The fourth-order valence-corrected chi connectivity index (χ4v) is 2.02. The summed E-state index contributed by atoms with van der Waals surface area (Å²) in [5.41, 5.74) is 2.74. The van der Waals surface area contributed by atoms with Crippen molar-refractivity contribution in [1.29, 1.82) is 0 Å². The standard InChI is InChI=1S/C14H8N8O/c1-2-6-15-10(4-1)12-13(14-20-22-23-21-14)16-8-11(18-12)9-5-3-7-17-19-9/h1-8H. The van der Waals surface area contributed by atoms with Crippen LogP contribution in [-0.4, -0.2) is 40.7 Å². The molecule has 0 N–H and O–H groups in total. The van der Waals surface area contributed by atoms with Crippen LogP contribution in [0, 0.1) is 0 Å². The van der Waals surface area contributed by atoms with Crippen molar-refractivity contribution < 1.29 is 4.63 Å². The maximum absolute atomic E-state index is 4.59. The van der Waals surface area contributed by atoms with Gasteiger partial charge in [0.1, 0.15) is 22.8 Å².